The third-order valence-corrected chi connectivity index (χ3v) is 6.97. The van der Waals surface area contributed by atoms with Crippen LogP contribution in [0.1, 0.15) is 36.2 Å². The van der Waals surface area contributed by atoms with Crippen LogP contribution in [-0.2, 0) is 10.1 Å². The lowest BCUT2D eigenvalue weighted by Crippen LogP contribution is -2.17. The van der Waals surface area contributed by atoms with Crippen LogP contribution in [-0.4, -0.2) is 40.9 Å². The van der Waals surface area contributed by atoms with Crippen LogP contribution in [0.25, 0.3) is 0 Å². The van der Waals surface area contributed by atoms with Gasteiger partial charge >= 0.3 is 10.1 Å². The van der Waals surface area contributed by atoms with Crippen molar-refractivity contribution in [2.75, 3.05) is 20.3 Å². The molecule has 0 aliphatic heterocycles. The number of hydrazone groups is 1. The molecule has 38 heavy (non-hydrogen) atoms. The first-order valence-corrected chi connectivity index (χ1v) is 14.1. The van der Waals surface area contributed by atoms with E-state index in [1.54, 1.807) is 37.3 Å². The van der Waals surface area contributed by atoms with Crippen molar-refractivity contribution in [1.29, 1.82) is 0 Å². The molecule has 3 aromatic rings. The first-order chi connectivity index (χ1) is 18.2. The molecule has 9 nitrogen and oxygen atoms in total. The van der Waals surface area contributed by atoms with E-state index >= 15 is 0 Å². The Balaban J connectivity index is 1.77. The van der Waals surface area contributed by atoms with Crippen molar-refractivity contribution in [2.24, 2.45) is 5.10 Å². The number of benzene rings is 3. The number of amides is 1. The highest BCUT2D eigenvalue weighted by Crippen LogP contribution is 2.38. The summed E-state index contributed by atoms with van der Waals surface area (Å²) in [6, 6.07) is 13.5. The van der Waals surface area contributed by atoms with Crippen LogP contribution in [0.3, 0.4) is 0 Å². The van der Waals surface area contributed by atoms with Gasteiger partial charge in [-0.3, -0.25) is 4.79 Å². The van der Waals surface area contributed by atoms with Gasteiger partial charge in [0.25, 0.3) is 5.91 Å². The minimum Gasteiger partial charge on any atom is -0.493 e. The molecule has 0 spiro atoms. The Morgan fingerprint density at radius 2 is 1.76 bits per heavy atom. The molecule has 0 fully saturated rings. The minimum atomic E-state index is -4.16. The lowest BCUT2D eigenvalue weighted by atomic mass is 10.2. The normalized spacial score (nSPS) is 11.3. The molecule has 0 saturated carbocycles. The van der Waals surface area contributed by atoms with Crippen molar-refractivity contribution in [3.8, 4) is 23.0 Å². The zero-order chi connectivity index (χ0) is 27.7. The summed E-state index contributed by atoms with van der Waals surface area (Å²) in [5.74, 6) is 0.660. The largest absolute Gasteiger partial charge is 0.493 e. The third kappa shape index (κ3) is 7.62. The Labute approximate surface area is 235 Å². The Kier molecular flexibility index (Phi) is 10.4. The minimum absolute atomic E-state index is 0.0273. The van der Waals surface area contributed by atoms with Crippen molar-refractivity contribution in [3.63, 3.8) is 0 Å². The average molecular weight is 626 g/mol. The van der Waals surface area contributed by atoms with E-state index in [9.17, 15) is 13.2 Å². The number of carbonyl (C=O) groups is 1. The van der Waals surface area contributed by atoms with Crippen molar-refractivity contribution >= 4 is 49.8 Å². The van der Waals surface area contributed by atoms with Gasteiger partial charge in [-0.25, -0.2) is 5.43 Å². The summed E-state index contributed by atoms with van der Waals surface area (Å²) >= 11 is 9.19. The predicted molar refractivity (Wildman–Crippen MR) is 148 cm³/mol. The molecule has 0 radical (unpaired) electrons. The molecular formula is C26H26BrClN2O7S. The van der Waals surface area contributed by atoms with Gasteiger partial charge in [0.2, 0.25) is 0 Å². The van der Waals surface area contributed by atoms with Gasteiger partial charge in [0.1, 0.15) is 4.90 Å². The fraction of sp³-hybridized carbons (Fsp3) is 0.231. The lowest BCUT2D eigenvalue weighted by Gasteiger charge is -2.14. The maximum atomic E-state index is 12.8. The monoisotopic (exact) mass is 624 g/mol. The average Bonchev–Trinajstić information content (AvgIpc) is 2.89. The van der Waals surface area contributed by atoms with E-state index in [4.69, 9.17) is 30.0 Å². The maximum absolute atomic E-state index is 12.8. The van der Waals surface area contributed by atoms with Crippen molar-refractivity contribution in [3.05, 3.63) is 75.2 Å². The van der Waals surface area contributed by atoms with E-state index in [0.717, 1.165) is 6.42 Å². The fourth-order valence-electron chi connectivity index (χ4n) is 3.14. The fourth-order valence-corrected chi connectivity index (χ4v) is 4.87. The van der Waals surface area contributed by atoms with Crippen LogP contribution < -0.4 is 23.8 Å². The maximum Gasteiger partial charge on any atom is 0.339 e. The van der Waals surface area contributed by atoms with E-state index in [2.05, 4.69) is 26.5 Å². The summed E-state index contributed by atoms with van der Waals surface area (Å²) in [5, 5.41) is 4.40. The zero-order valence-electron chi connectivity index (χ0n) is 20.9. The predicted octanol–water partition coefficient (Wildman–Crippen LogP) is 5.83. The molecule has 0 unspecified atom stereocenters. The van der Waals surface area contributed by atoms with E-state index in [1.165, 1.54) is 37.6 Å². The number of hydrogen-bond acceptors (Lipinski definition) is 8. The topological polar surface area (TPSA) is 113 Å². The molecule has 0 bridgehead atoms. The number of hydrogen-bond donors (Lipinski definition) is 1. The number of nitrogens with zero attached hydrogens (tertiary/aromatic N) is 1. The zero-order valence-corrected chi connectivity index (χ0v) is 24.0. The molecule has 12 heteroatoms. The van der Waals surface area contributed by atoms with Crippen LogP contribution in [0.15, 0.2) is 69.1 Å². The Hall–Kier alpha value is -3.28. The van der Waals surface area contributed by atoms with Gasteiger partial charge in [-0.2, -0.15) is 13.5 Å². The number of carbonyl (C=O) groups excluding carboxylic acids is 1. The van der Waals surface area contributed by atoms with E-state index in [1.807, 2.05) is 6.92 Å². The molecule has 1 amide bonds. The van der Waals surface area contributed by atoms with Gasteiger partial charge in [-0.1, -0.05) is 18.5 Å². The molecule has 0 atom stereocenters. The highest BCUT2D eigenvalue weighted by Gasteiger charge is 2.22. The Bertz CT molecular complexity index is 1410. The van der Waals surface area contributed by atoms with Crippen LogP contribution in [0.4, 0.5) is 0 Å². The molecule has 0 aliphatic carbocycles. The number of halogens is 2. The third-order valence-electron chi connectivity index (χ3n) is 4.89. The number of rotatable bonds is 12. The number of methoxy groups -OCH3 is 1. The molecule has 0 aliphatic rings. The lowest BCUT2D eigenvalue weighted by molar-refractivity contribution is 0.0954. The van der Waals surface area contributed by atoms with E-state index in [-0.39, 0.29) is 23.0 Å². The summed E-state index contributed by atoms with van der Waals surface area (Å²) in [6.07, 6.45) is 2.23. The molecule has 202 valence electrons. The van der Waals surface area contributed by atoms with Crippen LogP contribution >= 0.6 is 27.5 Å². The van der Waals surface area contributed by atoms with Gasteiger partial charge in [0, 0.05) is 10.6 Å². The summed E-state index contributed by atoms with van der Waals surface area (Å²) in [5.41, 5.74) is 3.29. The highest BCUT2D eigenvalue weighted by atomic mass is 79.9. The molecule has 0 heterocycles. The highest BCUT2D eigenvalue weighted by molar-refractivity contribution is 9.10. The Morgan fingerprint density at radius 3 is 2.42 bits per heavy atom. The molecule has 3 rings (SSSR count). The second-order valence-corrected chi connectivity index (χ2v) is 10.5. The Morgan fingerprint density at radius 1 is 1.03 bits per heavy atom. The first kappa shape index (κ1) is 29.3. The van der Waals surface area contributed by atoms with Crippen molar-refractivity contribution < 1.29 is 31.6 Å². The summed E-state index contributed by atoms with van der Waals surface area (Å²) in [4.78, 5) is 12.5. The molecular weight excluding hydrogens is 600 g/mol. The smallest absolute Gasteiger partial charge is 0.339 e. The summed E-state index contributed by atoms with van der Waals surface area (Å²) in [7, 11) is -2.66. The van der Waals surface area contributed by atoms with Crippen LogP contribution in [0, 0.1) is 0 Å². The SMILES string of the molecule is CCCOc1ccc(C(=O)N/N=C/c2cc(Br)c(OS(=O)(=O)c3ccc(Cl)cc3)c(OCC)c2)cc1OC. The molecule has 3 aromatic carbocycles. The quantitative estimate of drug-likeness (QED) is 0.153. The second-order valence-electron chi connectivity index (χ2n) is 7.67. The molecule has 1 N–H and O–H groups in total. The number of nitrogens with one attached hydrogen (secondary N) is 1. The molecule has 0 aromatic heterocycles. The van der Waals surface area contributed by atoms with Crippen molar-refractivity contribution in [1.82, 2.24) is 5.43 Å². The van der Waals surface area contributed by atoms with Gasteiger partial charge in [0.15, 0.2) is 23.0 Å². The van der Waals surface area contributed by atoms with Gasteiger partial charge in [-0.05, 0) is 89.4 Å². The first-order valence-electron chi connectivity index (χ1n) is 11.5. The van der Waals surface area contributed by atoms with E-state index in [0.29, 0.717) is 38.7 Å². The van der Waals surface area contributed by atoms with Gasteiger partial charge in [0.05, 0.1) is 31.0 Å². The summed E-state index contributed by atoms with van der Waals surface area (Å²) in [6.45, 7) is 4.52. The van der Waals surface area contributed by atoms with Crippen LogP contribution in [0.5, 0.6) is 23.0 Å². The van der Waals surface area contributed by atoms with Crippen LogP contribution in [0.2, 0.25) is 5.02 Å². The van der Waals surface area contributed by atoms with Gasteiger partial charge in [-0.15, -0.1) is 0 Å². The summed E-state index contributed by atoms with van der Waals surface area (Å²) < 4.78 is 47.8. The van der Waals surface area contributed by atoms with Crippen molar-refractivity contribution in [2.45, 2.75) is 25.2 Å². The standard InChI is InChI=1S/C26H26BrClN2O7S/c1-4-12-36-22-11-6-18(15-23(22)34-3)26(31)30-29-16-17-13-21(27)25(24(14-17)35-5-2)37-38(32,33)20-9-7-19(28)8-10-20/h6-11,13-16H,4-5,12H2,1-3H3,(H,30,31)/b29-16+. The van der Waals surface area contributed by atoms with Gasteiger partial charge < -0.3 is 18.4 Å². The number of ether oxygens (including phenoxy) is 3. The van der Waals surface area contributed by atoms with E-state index < -0.39 is 16.0 Å². The molecule has 0 saturated heterocycles. The second kappa shape index (κ2) is 13.5.